The summed E-state index contributed by atoms with van der Waals surface area (Å²) in [6, 6.07) is 12.9. The predicted octanol–water partition coefficient (Wildman–Crippen LogP) is 3.11. The Labute approximate surface area is 93.5 Å². The lowest BCUT2D eigenvalue weighted by atomic mass is 10.2. The fraction of sp³-hybridized carbons (Fsp3) is 0.0833. The third-order valence-corrected chi connectivity index (χ3v) is 2.14. The van der Waals surface area contributed by atoms with Gasteiger partial charge in [0.05, 0.1) is 6.20 Å². The number of halogens is 1. The molecule has 1 aromatic carbocycles. The Balaban J connectivity index is 1.96. The van der Waals surface area contributed by atoms with Crippen LogP contribution >= 0.6 is 11.6 Å². The number of hydrogen-bond acceptors (Lipinski definition) is 2. The van der Waals surface area contributed by atoms with Gasteiger partial charge in [-0.3, -0.25) is 0 Å². The van der Waals surface area contributed by atoms with Crippen LogP contribution in [0.15, 0.2) is 42.5 Å². The summed E-state index contributed by atoms with van der Waals surface area (Å²) in [6.07, 6.45) is 2.71. The maximum atomic E-state index is 5.77. The molecule has 3 heteroatoms. The molecular formula is C12H9ClNO. The maximum absolute atomic E-state index is 5.77. The molecule has 2 rings (SSSR count). The molecule has 0 unspecified atom stereocenters. The number of nitrogens with zero attached hydrogens (tertiary/aromatic N) is 1. The van der Waals surface area contributed by atoms with Crippen LogP contribution in [0.3, 0.4) is 0 Å². The molecule has 0 atom stereocenters. The van der Waals surface area contributed by atoms with E-state index < -0.39 is 0 Å². The van der Waals surface area contributed by atoms with Crippen molar-refractivity contribution in [1.82, 2.24) is 4.98 Å². The van der Waals surface area contributed by atoms with E-state index in [9.17, 15) is 0 Å². The SMILES string of the molecule is Clc1ccc(COc2ccc[c]n2)cc1. The topological polar surface area (TPSA) is 22.1 Å². The van der Waals surface area contributed by atoms with Crippen LogP contribution in [0.25, 0.3) is 0 Å². The predicted molar refractivity (Wildman–Crippen MR) is 58.9 cm³/mol. The highest BCUT2D eigenvalue weighted by molar-refractivity contribution is 6.30. The standard InChI is InChI=1S/C12H9ClNO/c13-11-6-4-10(5-7-11)9-15-12-3-1-2-8-14-12/h1-7H,9H2. The van der Waals surface area contributed by atoms with Crippen molar-refractivity contribution in [2.75, 3.05) is 0 Å². The van der Waals surface area contributed by atoms with Gasteiger partial charge in [-0.15, -0.1) is 0 Å². The summed E-state index contributed by atoms with van der Waals surface area (Å²) < 4.78 is 5.45. The van der Waals surface area contributed by atoms with Gasteiger partial charge in [0.25, 0.3) is 0 Å². The van der Waals surface area contributed by atoms with Crippen LogP contribution in [-0.2, 0) is 6.61 Å². The Hall–Kier alpha value is -1.54. The number of ether oxygens (including phenoxy) is 1. The van der Waals surface area contributed by atoms with Gasteiger partial charge in [-0.2, -0.15) is 0 Å². The largest absolute Gasteiger partial charge is 0.473 e. The molecule has 0 spiro atoms. The molecule has 0 aliphatic rings. The molecule has 0 bridgehead atoms. The van der Waals surface area contributed by atoms with E-state index in [0.29, 0.717) is 12.5 Å². The second kappa shape index (κ2) is 4.80. The van der Waals surface area contributed by atoms with Crippen molar-refractivity contribution >= 4 is 11.6 Å². The second-order valence-electron chi connectivity index (χ2n) is 3.02. The lowest BCUT2D eigenvalue weighted by molar-refractivity contribution is 0.293. The van der Waals surface area contributed by atoms with Gasteiger partial charge < -0.3 is 4.74 Å². The van der Waals surface area contributed by atoms with Crippen molar-refractivity contribution in [2.24, 2.45) is 0 Å². The average Bonchev–Trinajstić information content (AvgIpc) is 2.30. The summed E-state index contributed by atoms with van der Waals surface area (Å²) in [5.41, 5.74) is 1.06. The van der Waals surface area contributed by atoms with Crippen LogP contribution in [-0.4, -0.2) is 4.98 Å². The zero-order chi connectivity index (χ0) is 10.5. The second-order valence-corrected chi connectivity index (χ2v) is 3.46. The van der Waals surface area contributed by atoms with E-state index in [1.165, 1.54) is 0 Å². The molecule has 0 N–H and O–H groups in total. The summed E-state index contributed by atoms with van der Waals surface area (Å²) in [4.78, 5) is 3.94. The lowest BCUT2D eigenvalue weighted by Gasteiger charge is -2.04. The molecule has 2 aromatic rings. The van der Waals surface area contributed by atoms with Gasteiger partial charge in [0, 0.05) is 11.1 Å². The number of pyridine rings is 1. The van der Waals surface area contributed by atoms with Crippen LogP contribution in [0.2, 0.25) is 5.02 Å². The molecule has 1 aromatic heterocycles. The number of hydrogen-bond donors (Lipinski definition) is 0. The summed E-state index contributed by atoms with van der Waals surface area (Å²) >= 11 is 5.77. The van der Waals surface area contributed by atoms with Gasteiger partial charge in [0.1, 0.15) is 6.61 Å². The highest BCUT2D eigenvalue weighted by Crippen LogP contribution is 2.11. The van der Waals surface area contributed by atoms with Crippen molar-refractivity contribution < 1.29 is 4.74 Å². The molecule has 0 saturated heterocycles. The maximum Gasteiger partial charge on any atom is 0.214 e. The van der Waals surface area contributed by atoms with Gasteiger partial charge in [-0.05, 0) is 23.8 Å². The van der Waals surface area contributed by atoms with Gasteiger partial charge in [-0.1, -0.05) is 29.8 Å². The first-order valence-corrected chi connectivity index (χ1v) is 4.93. The van der Waals surface area contributed by atoms with E-state index in [-0.39, 0.29) is 0 Å². The smallest absolute Gasteiger partial charge is 0.214 e. The molecule has 0 aliphatic heterocycles. The van der Waals surface area contributed by atoms with Crippen molar-refractivity contribution in [3.05, 3.63) is 59.2 Å². The van der Waals surface area contributed by atoms with Crippen LogP contribution in [0.4, 0.5) is 0 Å². The molecule has 1 heterocycles. The molecule has 0 aliphatic carbocycles. The van der Waals surface area contributed by atoms with Crippen molar-refractivity contribution in [2.45, 2.75) is 6.61 Å². The van der Waals surface area contributed by atoms with Gasteiger partial charge in [0.15, 0.2) is 0 Å². The monoisotopic (exact) mass is 218 g/mol. The minimum absolute atomic E-state index is 0.488. The minimum Gasteiger partial charge on any atom is -0.473 e. The van der Waals surface area contributed by atoms with Gasteiger partial charge >= 0.3 is 0 Å². The molecule has 1 radical (unpaired) electrons. The molecule has 75 valence electrons. The zero-order valence-electron chi connectivity index (χ0n) is 7.98. The number of benzene rings is 1. The Morgan fingerprint density at radius 2 is 2.00 bits per heavy atom. The summed E-state index contributed by atoms with van der Waals surface area (Å²) in [5.74, 6) is 0.576. The van der Waals surface area contributed by atoms with E-state index in [0.717, 1.165) is 10.6 Å². The Morgan fingerprint density at radius 3 is 2.67 bits per heavy atom. The first-order valence-electron chi connectivity index (χ1n) is 4.55. The zero-order valence-corrected chi connectivity index (χ0v) is 8.74. The summed E-state index contributed by atoms with van der Waals surface area (Å²) in [6.45, 7) is 0.488. The third-order valence-electron chi connectivity index (χ3n) is 1.88. The van der Waals surface area contributed by atoms with Crippen LogP contribution in [0.5, 0.6) is 5.88 Å². The fourth-order valence-corrected chi connectivity index (χ4v) is 1.26. The number of aromatic nitrogens is 1. The minimum atomic E-state index is 0.488. The third kappa shape index (κ3) is 2.96. The van der Waals surface area contributed by atoms with Crippen molar-refractivity contribution in [1.29, 1.82) is 0 Å². The first-order chi connectivity index (χ1) is 7.34. The Morgan fingerprint density at radius 1 is 1.20 bits per heavy atom. The van der Waals surface area contributed by atoms with Crippen molar-refractivity contribution in [3.63, 3.8) is 0 Å². The van der Waals surface area contributed by atoms with E-state index >= 15 is 0 Å². The molecule has 0 amide bonds. The molecule has 0 fully saturated rings. The Kier molecular flexibility index (Phi) is 3.20. The highest BCUT2D eigenvalue weighted by atomic mass is 35.5. The van der Waals surface area contributed by atoms with Crippen LogP contribution in [0.1, 0.15) is 5.56 Å². The quantitative estimate of drug-likeness (QED) is 0.790. The van der Waals surface area contributed by atoms with Crippen LogP contribution in [0, 0.1) is 6.20 Å². The van der Waals surface area contributed by atoms with Crippen LogP contribution < -0.4 is 4.74 Å². The van der Waals surface area contributed by atoms with E-state index in [4.69, 9.17) is 16.3 Å². The summed E-state index contributed by atoms with van der Waals surface area (Å²) in [5, 5.41) is 0.727. The lowest BCUT2D eigenvalue weighted by Crippen LogP contribution is -1.96. The number of rotatable bonds is 3. The summed E-state index contributed by atoms with van der Waals surface area (Å²) in [7, 11) is 0. The molecule has 2 nitrogen and oxygen atoms in total. The van der Waals surface area contributed by atoms with Gasteiger partial charge in [0.2, 0.25) is 5.88 Å². The van der Waals surface area contributed by atoms with Crippen molar-refractivity contribution in [3.8, 4) is 5.88 Å². The fourth-order valence-electron chi connectivity index (χ4n) is 1.13. The molecule has 15 heavy (non-hydrogen) atoms. The molecular weight excluding hydrogens is 210 g/mol. The van der Waals surface area contributed by atoms with E-state index in [1.807, 2.05) is 30.3 Å². The first kappa shape index (κ1) is 9.99. The Bertz CT molecular complexity index is 413. The highest BCUT2D eigenvalue weighted by Gasteiger charge is 1.95. The van der Waals surface area contributed by atoms with E-state index in [2.05, 4.69) is 11.2 Å². The average molecular weight is 219 g/mol. The van der Waals surface area contributed by atoms with Gasteiger partial charge in [-0.25, -0.2) is 4.98 Å². The molecule has 0 saturated carbocycles. The normalized spacial score (nSPS) is 9.93. The van der Waals surface area contributed by atoms with E-state index in [1.54, 1.807) is 12.1 Å².